The van der Waals surface area contributed by atoms with Crippen LogP contribution < -0.4 is 14.8 Å². The van der Waals surface area contributed by atoms with E-state index in [1.165, 1.54) is 0 Å². The number of carbonyl (C=O) groups excluding carboxylic acids is 1. The molecule has 0 aliphatic heterocycles. The van der Waals surface area contributed by atoms with Gasteiger partial charge in [-0.05, 0) is 55.3 Å². The second-order valence-electron chi connectivity index (χ2n) is 4.95. The number of benzene rings is 2. The van der Waals surface area contributed by atoms with E-state index >= 15 is 0 Å². The Kier molecular flexibility index (Phi) is 5.28. The summed E-state index contributed by atoms with van der Waals surface area (Å²) in [6.45, 7) is 3.77. The smallest absolute Gasteiger partial charge is 0.262 e. The molecule has 0 heterocycles. The van der Waals surface area contributed by atoms with Crippen molar-refractivity contribution in [1.82, 2.24) is 0 Å². The molecule has 2 aromatic carbocycles. The molecular weight excluding hydrogens is 302 g/mol. The quantitative estimate of drug-likeness (QED) is 0.906. The zero-order valence-corrected chi connectivity index (χ0v) is 13.5. The van der Waals surface area contributed by atoms with Crippen LogP contribution in [0.1, 0.15) is 11.1 Å². The van der Waals surface area contributed by atoms with Gasteiger partial charge < -0.3 is 14.8 Å². The van der Waals surface area contributed by atoms with Crippen molar-refractivity contribution in [2.45, 2.75) is 13.8 Å². The zero-order chi connectivity index (χ0) is 16.1. The van der Waals surface area contributed by atoms with Gasteiger partial charge >= 0.3 is 0 Å². The molecule has 2 aromatic rings. The number of hydrogen-bond donors (Lipinski definition) is 1. The molecule has 22 heavy (non-hydrogen) atoms. The molecule has 116 valence electrons. The molecule has 0 aliphatic carbocycles. The maximum atomic E-state index is 12.0. The number of rotatable bonds is 5. The van der Waals surface area contributed by atoms with Gasteiger partial charge in [0.15, 0.2) is 6.61 Å². The molecule has 1 amide bonds. The van der Waals surface area contributed by atoms with Gasteiger partial charge in [0.05, 0.1) is 17.8 Å². The number of halogens is 1. The van der Waals surface area contributed by atoms with Gasteiger partial charge in [0.1, 0.15) is 11.5 Å². The summed E-state index contributed by atoms with van der Waals surface area (Å²) in [6.07, 6.45) is 0. The van der Waals surface area contributed by atoms with Crippen molar-refractivity contribution in [3.63, 3.8) is 0 Å². The van der Waals surface area contributed by atoms with E-state index in [9.17, 15) is 4.79 Å². The predicted molar refractivity (Wildman–Crippen MR) is 88.0 cm³/mol. The second kappa shape index (κ2) is 7.18. The monoisotopic (exact) mass is 319 g/mol. The fraction of sp³-hybridized carbons (Fsp3) is 0.235. The van der Waals surface area contributed by atoms with Crippen LogP contribution in [0.4, 0.5) is 5.69 Å². The summed E-state index contributed by atoms with van der Waals surface area (Å²) < 4.78 is 10.5. The normalized spacial score (nSPS) is 10.2. The lowest BCUT2D eigenvalue weighted by Gasteiger charge is -2.12. The van der Waals surface area contributed by atoms with Gasteiger partial charge in [-0.15, -0.1) is 0 Å². The minimum Gasteiger partial charge on any atom is -0.497 e. The third-order valence-electron chi connectivity index (χ3n) is 3.13. The van der Waals surface area contributed by atoms with E-state index in [2.05, 4.69) is 5.32 Å². The summed E-state index contributed by atoms with van der Waals surface area (Å²) in [7, 11) is 1.59. The molecule has 0 unspecified atom stereocenters. The van der Waals surface area contributed by atoms with E-state index in [4.69, 9.17) is 21.1 Å². The van der Waals surface area contributed by atoms with Gasteiger partial charge in [0.2, 0.25) is 0 Å². The topological polar surface area (TPSA) is 47.6 Å². The molecule has 0 radical (unpaired) electrons. The predicted octanol–water partition coefficient (Wildman–Crippen LogP) is 3.98. The highest BCUT2D eigenvalue weighted by molar-refractivity contribution is 6.34. The Morgan fingerprint density at radius 1 is 1.14 bits per heavy atom. The van der Waals surface area contributed by atoms with Crippen molar-refractivity contribution >= 4 is 23.2 Å². The number of amides is 1. The van der Waals surface area contributed by atoms with Crippen molar-refractivity contribution in [3.8, 4) is 11.5 Å². The lowest BCUT2D eigenvalue weighted by atomic mass is 10.1. The number of anilines is 1. The molecule has 5 heteroatoms. The first-order valence-corrected chi connectivity index (χ1v) is 7.21. The molecule has 0 spiro atoms. The van der Waals surface area contributed by atoms with Crippen LogP contribution in [0.25, 0.3) is 0 Å². The number of methoxy groups -OCH3 is 1. The van der Waals surface area contributed by atoms with Crippen LogP contribution in [-0.2, 0) is 4.79 Å². The lowest BCUT2D eigenvalue weighted by molar-refractivity contribution is -0.118. The Balaban J connectivity index is 1.95. The maximum Gasteiger partial charge on any atom is 0.262 e. The Hall–Kier alpha value is -2.20. The lowest BCUT2D eigenvalue weighted by Crippen LogP contribution is -2.21. The number of nitrogens with one attached hydrogen (secondary N) is 1. The van der Waals surface area contributed by atoms with Crippen LogP contribution in [0.3, 0.4) is 0 Å². The summed E-state index contributed by atoms with van der Waals surface area (Å²) in [4.78, 5) is 12.0. The van der Waals surface area contributed by atoms with Gasteiger partial charge in [-0.25, -0.2) is 0 Å². The minimum atomic E-state index is -0.260. The van der Waals surface area contributed by atoms with Gasteiger partial charge in [-0.1, -0.05) is 17.7 Å². The van der Waals surface area contributed by atoms with Gasteiger partial charge in [0.25, 0.3) is 5.91 Å². The van der Waals surface area contributed by atoms with E-state index in [1.807, 2.05) is 26.0 Å². The summed E-state index contributed by atoms with van der Waals surface area (Å²) >= 11 is 6.16. The Bertz CT molecular complexity index is 645. The Morgan fingerprint density at radius 3 is 2.36 bits per heavy atom. The number of ether oxygens (including phenoxy) is 2. The highest BCUT2D eigenvalue weighted by atomic mass is 35.5. The molecule has 0 bridgehead atoms. The molecule has 0 saturated carbocycles. The van der Waals surface area contributed by atoms with Crippen LogP contribution in [0, 0.1) is 13.8 Å². The van der Waals surface area contributed by atoms with Crippen LogP contribution in [0.15, 0.2) is 36.4 Å². The summed E-state index contributed by atoms with van der Waals surface area (Å²) in [5.41, 5.74) is 2.59. The molecule has 0 atom stereocenters. The average Bonchev–Trinajstić information content (AvgIpc) is 2.49. The van der Waals surface area contributed by atoms with E-state index in [1.54, 1.807) is 31.4 Å². The van der Waals surface area contributed by atoms with Crippen LogP contribution in [0.2, 0.25) is 5.02 Å². The Morgan fingerprint density at radius 2 is 1.77 bits per heavy atom. The maximum absolute atomic E-state index is 12.0. The molecular formula is C17H18ClNO3. The molecule has 2 rings (SSSR count). The van der Waals surface area contributed by atoms with Crippen molar-refractivity contribution in [1.29, 1.82) is 0 Å². The van der Waals surface area contributed by atoms with Crippen molar-refractivity contribution in [2.75, 3.05) is 19.0 Å². The third-order valence-corrected chi connectivity index (χ3v) is 3.42. The minimum absolute atomic E-state index is 0.0873. The van der Waals surface area contributed by atoms with Crippen molar-refractivity contribution in [2.24, 2.45) is 0 Å². The molecule has 4 nitrogen and oxygen atoms in total. The van der Waals surface area contributed by atoms with E-state index in [0.29, 0.717) is 16.5 Å². The van der Waals surface area contributed by atoms with E-state index in [-0.39, 0.29) is 12.5 Å². The molecule has 1 N–H and O–H groups in total. The summed E-state index contributed by atoms with van der Waals surface area (Å²) in [5.74, 6) is 1.08. The van der Waals surface area contributed by atoms with Crippen LogP contribution in [0.5, 0.6) is 11.5 Å². The van der Waals surface area contributed by atoms with Gasteiger partial charge in [-0.2, -0.15) is 0 Å². The largest absolute Gasteiger partial charge is 0.497 e. The average molecular weight is 320 g/mol. The SMILES string of the molecule is COc1ccc(OCC(=O)Nc2c(C)cc(C)cc2Cl)cc1. The van der Waals surface area contributed by atoms with Crippen molar-refractivity contribution in [3.05, 3.63) is 52.5 Å². The molecule has 0 aromatic heterocycles. The second-order valence-corrected chi connectivity index (χ2v) is 5.36. The summed E-state index contributed by atoms with van der Waals surface area (Å²) in [5, 5.41) is 3.30. The van der Waals surface area contributed by atoms with E-state index < -0.39 is 0 Å². The molecule has 0 aliphatic rings. The van der Waals surface area contributed by atoms with Gasteiger partial charge in [-0.3, -0.25) is 4.79 Å². The fourth-order valence-electron chi connectivity index (χ4n) is 2.07. The van der Waals surface area contributed by atoms with Crippen LogP contribution >= 0.6 is 11.6 Å². The first-order chi connectivity index (χ1) is 10.5. The fourth-order valence-corrected chi connectivity index (χ4v) is 2.44. The Labute approximate surface area is 135 Å². The summed E-state index contributed by atoms with van der Waals surface area (Å²) in [6, 6.07) is 10.8. The van der Waals surface area contributed by atoms with Crippen molar-refractivity contribution < 1.29 is 14.3 Å². The van der Waals surface area contributed by atoms with Gasteiger partial charge in [0, 0.05) is 0 Å². The zero-order valence-electron chi connectivity index (χ0n) is 12.8. The van der Waals surface area contributed by atoms with E-state index in [0.717, 1.165) is 16.9 Å². The third kappa shape index (κ3) is 4.15. The van der Waals surface area contributed by atoms with Crippen LogP contribution in [-0.4, -0.2) is 19.6 Å². The number of aryl methyl sites for hydroxylation is 2. The number of hydrogen-bond acceptors (Lipinski definition) is 3. The standard InChI is InChI=1S/C17H18ClNO3/c1-11-8-12(2)17(15(18)9-11)19-16(20)10-22-14-6-4-13(21-3)5-7-14/h4-9H,10H2,1-3H3,(H,19,20). The first kappa shape index (κ1) is 16.2. The highest BCUT2D eigenvalue weighted by Gasteiger charge is 2.10. The molecule has 0 saturated heterocycles. The first-order valence-electron chi connectivity index (χ1n) is 6.83. The number of carbonyl (C=O) groups is 1. The highest BCUT2D eigenvalue weighted by Crippen LogP contribution is 2.27. The molecule has 0 fully saturated rings.